The van der Waals surface area contributed by atoms with Crippen molar-refractivity contribution in [3.8, 4) is 6.07 Å². The van der Waals surface area contributed by atoms with E-state index in [9.17, 15) is 0 Å². The van der Waals surface area contributed by atoms with Gasteiger partial charge in [-0.3, -0.25) is 0 Å². The van der Waals surface area contributed by atoms with Gasteiger partial charge in [-0.05, 0) is 22.9 Å². The Labute approximate surface area is 82.9 Å². The molecule has 0 saturated carbocycles. The molecule has 5 heteroatoms. The normalized spacial score (nSPS) is 10.2. The van der Waals surface area contributed by atoms with Crippen LogP contribution >= 0.6 is 15.9 Å². The van der Waals surface area contributed by atoms with Crippen LogP contribution in [0, 0.1) is 18.3 Å². The Balaban J connectivity index is 2.88. The maximum absolute atomic E-state index is 8.82. The summed E-state index contributed by atoms with van der Waals surface area (Å²) >= 11 is 3.28. The van der Waals surface area contributed by atoms with Crippen LogP contribution in [0.25, 0.3) is 5.65 Å². The van der Waals surface area contributed by atoms with E-state index >= 15 is 0 Å². The van der Waals surface area contributed by atoms with E-state index in [-0.39, 0.29) is 0 Å². The van der Waals surface area contributed by atoms with Crippen LogP contribution < -0.4 is 0 Å². The van der Waals surface area contributed by atoms with Crippen LogP contribution in [0.5, 0.6) is 0 Å². The van der Waals surface area contributed by atoms with Crippen LogP contribution in [-0.2, 0) is 0 Å². The molecule has 0 aliphatic heterocycles. The van der Waals surface area contributed by atoms with Crippen LogP contribution in [0.4, 0.5) is 0 Å². The first-order valence-electron chi connectivity index (χ1n) is 3.63. The highest BCUT2D eigenvalue weighted by atomic mass is 79.9. The molecule has 0 atom stereocenters. The monoisotopic (exact) mass is 236 g/mol. The Hall–Kier alpha value is -1.41. The SMILES string of the molecule is Cc1nn2cc(Br)cnc2c1C#N. The highest BCUT2D eigenvalue weighted by molar-refractivity contribution is 9.10. The van der Waals surface area contributed by atoms with E-state index in [1.807, 2.05) is 0 Å². The van der Waals surface area contributed by atoms with Gasteiger partial charge in [-0.2, -0.15) is 10.4 Å². The molecule has 0 N–H and O–H groups in total. The molecule has 0 spiro atoms. The molecule has 64 valence electrons. The van der Waals surface area contributed by atoms with Crippen molar-refractivity contribution in [2.45, 2.75) is 6.92 Å². The molecule has 0 unspecified atom stereocenters. The lowest BCUT2D eigenvalue weighted by Gasteiger charge is -1.91. The number of hydrogen-bond donors (Lipinski definition) is 0. The molecule has 13 heavy (non-hydrogen) atoms. The largest absolute Gasteiger partial charge is 0.235 e. The third-order valence-corrected chi connectivity index (χ3v) is 2.14. The van der Waals surface area contributed by atoms with Crippen molar-refractivity contribution in [1.82, 2.24) is 14.6 Å². The van der Waals surface area contributed by atoms with E-state index in [1.165, 1.54) is 0 Å². The molecule has 2 rings (SSSR count). The molecule has 2 aromatic heterocycles. The average molecular weight is 237 g/mol. The highest BCUT2D eigenvalue weighted by Crippen LogP contribution is 2.14. The lowest BCUT2D eigenvalue weighted by molar-refractivity contribution is 0.912. The Morgan fingerprint density at radius 2 is 2.38 bits per heavy atom. The molecular weight excluding hydrogens is 232 g/mol. The number of nitrogens with zero attached hydrogens (tertiary/aromatic N) is 4. The molecule has 0 amide bonds. The van der Waals surface area contributed by atoms with Crippen molar-refractivity contribution in [3.05, 3.63) is 28.1 Å². The van der Waals surface area contributed by atoms with Crippen LogP contribution in [0.1, 0.15) is 11.3 Å². The van der Waals surface area contributed by atoms with E-state index in [1.54, 1.807) is 23.8 Å². The molecule has 0 fully saturated rings. The molecular formula is C8H5BrN4. The van der Waals surface area contributed by atoms with Crippen LogP contribution in [0.3, 0.4) is 0 Å². The van der Waals surface area contributed by atoms with Crippen molar-refractivity contribution in [1.29, 1.82) is 5.26 Å². The number of halogens is 1. The number of hydrogen-bond acceptors (Lipinski definition) is 3. The predicted molar refractivity (Wildman–Crippen MR) is 50.1 cm³/mol. The van der Waals surface area contributed by atoms with Gasteiger partial charge in [0.25, 0.3) is 0 Å². The lowest BCUT2D eigenvalue weighted by Crippen LogP contribution is -1.89. The topological polar surface area (TPSA) is 54.0 Å². The number of fused-ring (bicyclic) bond motifs is 1. The summed E-state index contributed by atoms with van der Waals surface area (Å²) in [5, 5.41) is 13.0. The van der Waals surface area contributed by atoms with Crippen molar-refractivity contribution in [2.24, 2.45) is 0 Å². The number of aromatic nitrogens is 3. The van der Waals surface area contributed by atoms with Crippen LogP contribution in [0.15, 0.2) is 16.9 Å². The van der Waals surface area contributed by atoms with E-state index in [4.69, 9.17) is 5.26 Å². The van der Waals surface area contributed by atoms with Gasteiger partial charge in [0.1, 0.15) is 11.6 Å². The van der Waals surface area contributed by atoms with Crippen LogP contribution in [0.2, 0.25) is 0 Å². The van der Waals surface area contributed by atoms with Gasteiger partial charge in [-0.1, -0.05) is 0 Å². The van der Waals surface area contributed by atoms with Gasteiger partial charge in [0.15, 0.2) is 5.65 Å². The van der Waals surface area contributed by atoms with Crippen molar-refractivity contribution < 1.29 is 0 Å². The predicted octanol–water partition coefficient (Wildman–Crippen LogP) is 1.67. The maximum Gasteiger partial charge on any atom is 0.173 e. The minimum absolute atomic E-state index is 0.535. The average Bonchev–Trinajstić information content (AvgIpc) is 2.39. The van der Waals surface area contributed by atoms with Gasteiger partial charge in [-0.25, -0.2) is 9.50 Å². The molecule has 0 aliphatic rings. The summed E-state index contributed by atoms with van der Waals surface area (Å²) in [4.78, 5) is 4.10. The fraction of sp³-hybridized carbons (Fsp3) is 0.125. The Bertz CT molecular complexity index is 509. The second-order valence-electron chi connectivity index (χ2n) is 2.61. The summed E-state index contributed by atoms with van der Waals surface area (Å²) in [7, 11) is 0. The Morgan fingerprint density at radius 3 is 3.08 bits per heavy atom. The fourth-order valence-electron chi connectivity index (χ4n) is 1.15. The van der Waals surface area contributed by atoms with E-state index in [0.717, 1.165) is 4.47 Å². The summed E-state index contributed by atoms with van der Waals surface area (Å²) in [6, 6.07) is 2.08. The Kier molecular flexibility index (Phi) is 1.78. The summed E-state index contributed by atoms with van der Waals surface area (Å²) in [6.45, 7) is 1.79. The zero-order valence-corrected chi connectivity index (χ0v) is 8.41. The lowest BCUT2D eigenvalue weighted by atomic mass is 10.3. The van der Waals surface area contributed by atoms with Gasteiger partial charge in [0.2, 0.25) is 0 Å². The summed E-state index contributed by atoms with van der Waals surface area (Å²) < 4.78 is 2.44. The summed E-state index contributed by atoms with van der Waals surface area (Å²) in [6.07, 6.45) is 3.42. The molecule has 0 saturated heterocycles. The fourth-order valence-corrected chi connectivity index (χ4v) is 1.45. The van der Waals surface area contributed by atoms with Gasteiger partial charge in [-0.15, -0.1) is 0 Å². The smallest absolute Gasteiger partial charge is 0.173 e. The van der Waals surface area contributed by atoms with Gasteiger partial charge >= 0.3 is 0 Å². The zero-order chi connectivity index (χ0) is 9.42. The number of nitriles is 1. The van der Waals surface area contributed by atoms with Gasteiger partial charge in [0.05, 0.1) is 10.2 Å². The molecule has 0 radical (unpaired) electrons. The second kappa shape index (κ2) is 2.82. The quantitative estimate of drug-likeness (QED) is 0.700. The maximum atomic E-state index is 8.82. The van der Waals surface area contributed by atoms with E-state index in [0.29, 0.717) is 16.9 Å². The van der Waals surface area contributed by atoms with Gasteiger partial charge in [0, 0.05) is 12.4 Å². The molecule has 0 aliphatic carbocycles. The first kappa shape index (κ1) is 8.20. The second-order valence-corrected chi connectivity index (χ2v) is 3.53. The standard InChI is InChI=1S/C8H5BrN4/c1-5-7(2-10)8-11-3-6(9)4-13(8)12-5/h3-4H,1H3. The molecule has 0 aromatic carbocycles. The number of aryl methyl sites for hydroxylation is 1. The van der Waals surface area contributed by atoms with E-state index < -0.39 is 0 Å². The van der Waals surface area contributed by atoms with Gasteiger partial charge < -0.3 is 0 Å². The third-order valence-electron chi connectivity index (χ3n) is 1.73. The minimum atomic E-state index is 0.535. The van der Waals surface area contributed by atoms with Crippen molar-refractivity contribution in [3.63, 3.8) is 0 Å². The highest BCUT2D eigenvalue weighted by Gasteiger charge is 2.09. The molecule has 4 nitrogen and oxygen atoms in total. The molecule has 2 heterocycles. The van der Waals surface area contributed by atoms with Crippen molar-refractivity contribution in [2.75, 3.05) is 0 Å². The zero-order valence-electron chi connectivity index (χ0n) is 6.82. The molecule has 0 bridgehead atoms. The first-order chi connectivity index (χ1) is 6.22. The Morgan fingerprint density at radius 1 is 1.62 bits per heavy atom. The van der Waals surface area contributed by atoms with Crippen molar-refractivity contribution >= 4 is 21.6 Å². The van der Waals surface area contributed by atoms with Crippen LogP contribution in [-0.4, -0.2) is 14.6 Å². The van der Waals surface area contributed by atoms with E-state index in [2.05, 4.69) is 32.1 Å². The first-order valence-corrected chi connectivity index (χ1v) is 4.42. The summed E-state index contributed by atoms with van der Waals surface area (Å²) in [5.41, 5.74) is 1.84. The number of rotatable bonds is 0. The summed E-state index contributed by atoms with van der Waals surface area (Å²) in [5.74, 6) is 0. The third kappa shape index (κ3) is 1.19. The minimum Gasteiger partial charge on any atom is -0.235 e. The molecule has 2 aromatic rings.